The Morgan fingerprint density at radius 3 is 2.40 bits per heavy atom. The van der Waals surface area contributed by atoms with Gasteiger partial charge in [0.05, 0.1) is 0 Å². The third kappa shape index (κ3) is 4.87. The van der Waals surface area contributed by atoms with E-state index < -0.39 is 0 Å². The summed E-state index contributed by atoms with van der Waals surface area (Å²) in [6, 6.07) is 0. The van der Waals surface area contributed by atoms with Crippen LogP contribution in [0.25, 0.3) is 0 Å². The molecule has 0 unspecified atom stereocenters. The molecule has 0 saturated heterocycles. The van der Waals surface area contributed by atoms with Crippen LogP contribution in [-0.2, 0) is 0 Å². The summed E-state index contributed by atoms with van der Waals surface area (Å²) in [6.45, 7) is 13.0. The first-order valence-corrected chi connectivity index (χ1v) is 7.59. The molecule has 3 heteroatoms. The van der Waals surface area contributed by atoms with Crippen molar-refractivity contribution in [2.45, 2.75) is 46.0 Å². The first-order valence-electron chi connectivity index (χ1n) is 7.59. The number of hydrogen-bond acceptors (Lipinski definition) is 3. The van der Waals surface area contributed by atoms with Crippen molar-refractivity contribution in [3.63, 3.8) is 0 Å². The maximum absolute atomic E-state index is 4.48. The highest BCUT2D eigenvalue weighted by molar-refractivity contribution is 5.57. The van der Waals surface area contributed by atoms with Gasteiger partial charge in [0.15, 0.2) is 0 Å². The minimum absolute atomic E-state index is 0.764. The Bertz CT molecular complexity index is 398. The Morgan fingerprint density at radius 2 is 1.90 bits per heavy atom. The van der Waals surface area contributed by atoms with Crippen LogP contribution in [0.5, 0.6) is 0 Å². The van der Waals surface area contributed by atoms with Gasteiger partial charge in [-0.05, 0) is 38.2 Å². The first kappa shape index (κ1) is 16.5. The molecule has 0 spiro atoms. The predicted octanol–water partition coefficient (Wildman–Crippen LogP) is 3.77. The van der Waals surface area contributed by atoms with Gasteiger partial charge in [-0.3, -0.25) is 0 Å². The van der Waals surface area contributed by atoms with Crippen LogP contribution in [0.15, 0.2) is 40.8 Å². The minimum atomic E-state index is 0.764. The van der Waals surface area contributed by atoms with Gasteiger partial charge in [0, 0.05) is 31.1 Å². The lowest BCUT2D eigenvalue weighted by Gasteiger charge is -2.23. The molecule has 0 aromatic heterocycles. The third-order valence-corrected chi connectivity index (χ3v) is 3.81. The summed E-state index contributed by atoms with van der Waals surface area (Å²) in [5.41, 5.74) is 2.82. The molecule has 0 radical (unpaired) electrons. The molecule has 1 aliphatic carbocycles. The van der Waals surface area contributed by atoms with Crippen LogP contribution in [-0.4, -0.2) is 19.8 Å². The molecule has 3 nitrogen and oxygen atoms in total. The summed E-state index contributed by atoms with van der Waals surface area (Å²) in [5.74, 6) is 1.64. The van der Waals surface area contributed by atoms with E-state index >= 15 is 0 Å². The largest absolute Gasteiger partial charge is 0.388 e. The molecule has 0 amide bonds. The molecular formula is C17H29N3. The Morgan fingerprint density at radius 1 is 1.25 bits per heavy atom. The van der Waals surface area contributed by atoms with Gasteiger partial charge < -0.3 is 10.6 Å². The number of allylic oxidation sites excluding steroid dienone is 1. The van der Waals surface area contributed by atoms with Crippen molar-refractivity contribution in [3.05, 3.63) is 35.8 Å². The molecule has 0 atom stereocenters. The van der Waals surface area contributed by atoms with E-state index in [4.69, 9.17) is 0 Å². The van der Waals surface area contributed by atoms with Crippen LogP contribution in [0.4, 0.5) is 0 Å². The second-order valence-corrected chi connectivity index (χ2v) is 5.50. The molecule has 2 N–H and O–H groups in total. The Labute approximate surface area is 123 Å². The fourth-order valence-corrected chi connectivity index (χ4v) is 2.69. The zero-order valence-electron chi connectivity index (χ0n) is 13.3. The number of nitrogens with zero attached hydrogens (tertiary/aromatic N) is 1. The molecule has 0 aromatic carbocycles. The number of rotatable bonds is 7. The Hall–Kier alpha value is -1.51. The minimum Gasteiger partial charge on any atom is -0.388 e. The van der Waals surface area contributed by atoms with Gasteiger partial charge in [-0.1, -0.05) is 32.4 Å². The summed E-state index contributed by atoms with van der Waals surface area (Å²) in [5, 5.41) is 6.60. The second-order valence-electron chi connectivity index (χ2n) is 5.50. The van der Waals surface area contributed by atoms with E-state index in [1.165, 1.54) is 32.1 Å². The average Bonchev–Trinajstić information content (AvgIpc) is 2.45. The number of nitrogens with one attached hydrogen (secondary N) is 2. The van der Waals surface area contributed by atoms with E-state index in [1.807, 2.05) is 27.1 Å². The van der Waals surface area contributed by atoms with Crippen LogP contribution < -0.4 is 10.6 Å². The van der Waals surface area contributed by atoms with Crippen LogP contribution in [0.1, 0.15) is 46.0 Å². The summed E-state index contributed by atoms with van der Waals surface area (Å²) in [4.78, 5) is 4.48. The molecule has 0 aromatic rings. The van der Waals surface area contributed by atoms with Gasteiger partial charge in [0.1, 0.15) is 5.82 Å². The molecule has 1 rings (SSSR count). The fourth-order valence-electron chi connectivity index (χ4n) is 2.69. The Balaban J connectivity index is 2.83. The lowest BCUT2D eigenvalue weighted by molar-refractivity contribution is 0.350. The molecule has 1 saturated carbocycles. The molecule has 1 aliphatic rings. The van der Waals surface area contributed by atoms with Crippen molar-refractivity contribution in [2.75, 3.05) is 13.6 Å². The topological polar surface area (TPSA) is 36.4 Å². The Kier molecular flexibility index (Phi) is 7.13. The van der Waals surface area contributed by atoms with Gasteiger partial charge in [0.2, 0.25) is 0 Å². The van der Waals surface area contributed by atoms with E-state index in [1.54, 1.807) is 0 Å². The van der Waals surface area contributed by atoms with Gasteiger partial charge >= 0.3 is 0 Å². The summed E-state index contributed by atoms with van der Waals surface area (Å²) >= 11 is 0. The standard InChI is InChI=1S/C17H29N3/c1-6-19-17(16(13(2)3)14(4)18-5)20-12-15-10-8-7-9-11-15/h6,15,18,20H,2,4,7-12H2,1,3,5H3/b17-16+,19-6-. The first-order chi connectivity index (χ1) is 9.60. The molecule has 20 heavy (non-hydrogen) atoms. The molecule has 0 bridgehead atoms. The predicted molar refractivity (Wildman–Crippen MR) is 88.8 cm³/mol. The zero-order valence-corrected chi connectivity index (χ0v) is 13.3. The number of likely N-dealkylation sites (N-methyl/N-ethyl adjacent to an activating group) is 1. The quantitative estimate of drug-likeness (QED) is 0.548. The van der Waals surface area contributed by atoms with Crippen molar-refractivity contribution in [3.8, 4) is 0 Å². The maximum Gasteiger partial charge on any atom is 0.135 e. The molecule has 112 valence electrons. The van der Waals surface area contributed by atoms with E-state index in [0.29, 0.717) is 0 Å². The van der Waals surface area contributed by atoms with Gasteiger partial charge in [0.25, 0.3) is 0 Å². The summed E-state index contributed by atoms with van der Waals surface area (Å²) in [7, 11) is 1.87. The lowest BCUT2D eigenvalue weighted by Crippen LogP contribution is -2.25. The highest BCUT2D eigenvalue weighted by atomic mass is 15.0. The number of aliphatic imine (C=N–C) groups is 1. The SMILES string of the molecule is C=C(C)/C(C(=C)NC)=C(/N=C\C)NCC1CCCCC1. The smallest absolute Gasteiger partial charge is 0.135 e. The highest BCUT2D eigenvalue weighted by Crippen LogP contribution is 2.24. The molecular weight excluding hydrogens is 246 g/mol. The van der Waals surface area contributed by atoms with Crippen LogP contribution in [0.3, 0.4) is 0 Å². The summed E-state index contributed by atoms with van der Waals surface area (Å²) < 4.78 is 0. The maximum atomic E-state index is 4.48. The van der Waals surface area contributed by atoms with Crippen molar-refractivity contribution in [1.29, 1.82) is 0 Å². The van der Waals surface area contributed by atoms with Crippen LogP contribution in [0, 0.1) is 5.92 Å². The van der Waals surface area contributed by atoms with Crippen molar-refractivity contribution in [2.24, 2.45) is 10.9 Å². The third-order valence-electron chi connectivity index (χ3n) is 3.81. The fraction of sp³-hybridized carbons (Fsp3) is 0.588. The highest BCUT2D eigenvalue weighted by Gasteiger charge is 2.15. The van der Waals surface area contributed by atoms with Gasteiger partial charge in [-0.25, -0.2) is 4.99 Å². The van der Waals surface area contributed by atoms with Gasteiger partial charge in [-0.15, -0.1) is 0 Å². The van der Waals surface area contributed by atoms with E-state index in [-0.39, 0.29) is 0 Å². The van der Waals surface area contributed by atoms with Crippen LogP contribution >= 0.6 is 0 Å². The summed E-state index contributed by atoms with van der Waals surface area (Å²) in [6.07, 6.45) is 8.57. The van der Waals surface area contributed by atoms with Crippen LogP contribution in [0.2, 0.25) is 0 Å². The monoisotopic (exact) mass is 275 g/mol. The van der Waals surface area contributed by atoms with E-state index in [9.17, 15) is 0 Å². The molecule has 1 fully saturated rings. The van der Waals surface area contributed by atoms with Crippen molar-refractivity contribution in [1.82, 2.24) is 10.6 Å². The molecule has 0 aliphatic heterocycles. The molecule has 0 heterocycles. The average molecular weight is 275 g/mol. The van der Waals surface area contributed by atoms with E-state index in [0.717, 1.165) is 35.1 Å². The van der Waals surface area contributed by atoms with Gasteiger partial charge in [-0.2, -0.15) is 0 Å². The second kappa shape index (κ2) is 8.62. The normalized spacial score (nSPS) is 17.8. The van der Waals surface area contributed by atoms with E-state index in [2.05, 4.69) is 28.8 Å². The van der Waals surface area contributed by atoms with Crippen molar-refractivity contribution >= 4 is 6.21 Å². The number of hydrogen-bond donors (Lipinski definition) is 2. The lowest BCUT2D eigenvalue weighted by atomic mass is 9.89. The zero-order chi connectivity index (χ0) is 15.0. The van der Waals surface area contributed by atoms with Crippen molar-refractivity contribution < 1.29 is 0 Å².